The van der Waals surface area contributed by atoms with Crippen molar-refractivity contribution < 1.29 is 5.11 Å². The van der Waals surface area contributed by atoms with Crippen LogP contribution in [0.15, 0.2) is 30.3 Å². The van der Waals surface area contributed by atoms with Crippen LogP contribution in [-0.4, -0.2) is 15.1 Å². The van der Waals surface area contributed by atoms with Crippen molar-refractivity contribution in [3.8, 4) is 5.75 Å². The SMILES string of the molecule is CCc1cc(NCc2ccccc2O)nc(CC)n1. The lowest BCUT2D eigenvalue weighted by Gasteiger charge is -2.09. The molecule has 0 fully saturated rings. The molecule has 0 saturated heterocycles. The van der Waals surface area contributed by atoms with Crippen LogP contribution in [0.4, 0.5) is 5.82 Å². The molecule has 2 N–H and O–H groups in total. The molecule has 0 aliphatic heterocycles. The Morgan fingerprint density at radius 1 is 1.11 bits per heavy atom. The standard InChI is InChI=1S/C15H19N3O/c1-3-12-9-15(18-14(4-2)17-12)16-10-11-7-5-6-8-13(11)19/h5-9,19H,3-4,10H2,1-2H3,(H,16,17,18). The molecule has 0 aliphatic rings. The van der Waals surface area contributed by atoms with Gasteiger partial charge in [-0.3, -0.25) is 0 Å². The highest BCUT2D eigenvalue weighted by Gasteiger charge is 2.04. The molecule has 0 spiro atoms. The number of hydrogen-bond acceptors (Lipinski definition) is 4. The van der Waals surface area contributed by atoms with Crippen molar-refractivity contribution in [1.29, 1.82) is 0 Å². The highest BCUT2D eigenvalue weighted by molar-refractivity contribution is 5.40. The largest absolute Gasteiger partial charge is 0.508 e. The first-order valence-corrected chi connectivity index (χ1v) is 6.60. The third-order valence-corrected chi connectivity index (χ3v) is 2.96. The van der Waals surface area contributed by atoms with E-state index in [0.717, 1.165) is 35.7 Å². The summed E-state index contributed by atoms with van der Waals surface area (Å²) in [5.74, 6) is 1.96. The van der Waals surface area contributed by atoms with E-state index >= 15 is 0 Å². The third kappa shape index (κ3) is 3.44. The molecule has 0 radical (unpaired) electrons. The van der Waals surface area contributed by atoms with Crippen LogP contribution in [0.3, 0.4) is 0 Å². The van der Waals surface area contributed by atoms with Crippen molar-refractivity contribution in [2.24, 2.45) is 0 Å². The number of rotatable bonds is 5. The highest BCUT2D eigenvalue weighted by atomic mass is 16.3. The lowest BCUT2D eigenvalue weighted by Crippen LogP contribution is -2.06. The molecule has 0 unspecified atom stereocenters. The van der Waals surface area contributed by atoms with Crippen molar-refractivity contribution in [2.75, 3.05) is 5.32 Å². The van der Waals surface area contributed by atoms with E-state index in [1.807, 2.05) is 31.2 Å². The minimum Gasteiger partial charge on any atom is -0.508 e. The van der Waals surface area contributed by atoms with E-state index in [9.17, 15) is 5.11 Å². The summed E-state index contributed by atoms with van der Waals surface area (Å²) in [7, 11) is 0. The first-order chi connectivity index (χ1) is 9.22. The van der Waals surface area contributed by atoms with Crippen LogP contribution in [0.25, 0.3) is 0 Å². The van der Waals surface area contributed by atoms with Gasteiger partial charge in [-0.2, -0.15) is 0 Å². The van der Waals surface area contributed by atoms with E-state index in [1.54, 1.807) is 6.07 Å². The number of anilines is 1. The summed E-state index contributed by atoms with van der Waals surface area (Å²) >= 11 is 0. The zero-order valence-electron chi connectivity index (χ0n) is 11.3. The molecule has 0 atom stereocenters. The average molecular weight is 257 g/mol. The van der Waals surface area contributed by atoms with E-state index in [4.69, 9.17) is 0 Å². The quantitative estimate of drug-likeness (QED) is 0.864. The lowest BCUT2D eigenvalue weighted by atomic mass is 10.2. The molecule has 1 aromatic heterocycles. The number of aryl methyl sites for hydroxylation is 2. The van der Waals surface area contributed by atoms with E-state index in [0.29, 0.717) is 12.3 Å². The molecular weight excluding hydrogens is 238 g/mol. The smallest absolute Gasteiger partial charge is 0.130 e. The Hall–Kier alpha value is -2.10. The van der Waals surface area contributed by atoms with Gasteiger partial charge in [0.1, 0.15) is 17.4 Å². The zero-order chi connectivity index (χ0) is 13.7. The Morgan fingerprint density at radius 3 is 2.58 bits per heavy atom. The fourth-order valence-electron chi connectivity index (χ4n) is 1.83. The number of nitrogens with zero attached hydrogens (tertiary/aromatic N) is 2. The zero-order valence-corrected chi connectivity index (χ0v) is 11.3. The van der Waals surface area contributed by atoms with Gasteiger partial charge in [-0.15, -0.1) is 0 Å². The van der Waals surface area contributed by atoms with Gasteiger partial charge >= 0.3 is 0 Å². The molecule has 0 amide bonds. The van der Waals surface area contributed by atoms with Crippen molar-refractivity contribution in [3.05, 3.63) is 47.4 Å². The van der Waals surface area contributed by atoms with Gasteiger partial charge in [0.15, 0.2) is 0 Å². The van der Waals surface area contributed by atoms with Gasteiger partial charge in [0.2, 0.25) is 0 Å². The topological polar surface area (TPSA) is 58.0 Å². The van der Waals surface area contributed by atoms with Gasteiger partial charge in [-0.25, -0.2) is 9.97 Å². The lowest BCUT2D eigenvalue weighted by molar-refractivity contribution is 0.469. The Balaban J connectivity index is 2.13. The molecule has 19 heavy (non-hydrogen) atoms. The molecule has 0 aliphatic carbocycles. The van der Waals surface area contributed by atoms with Crippen molar-refractivity contribution in [3.63, 3.8) is 0 Å². The summed E-state index contributed by atoms with van der Waals surface area (Å²) in [5, 5.41) is 13.0. The molecule has 100 valence electrons. The third-order valence-electron chi connectivity index (χ3n) is 2.96. The number of aromatic nitrogens is 2. The molecule has 4 nitrogen and oxygen atoms in total. The summed E-state index contributed by atoms with van der Waals surface area (Å²) in [5.41, 5.74) is 1.89. The Bertz CT molecular complexity index is 533. The van der Waals surface area contributed by atoms with Crippen molar-refractivity contribution in [1.82, 2.24) is 9.97 Å². The predicted octanol–water partition coefficient (Wildman–Crippen LogP) is 2.92. The van der Waals surface area contributed by atoms with E-state index < -0.39 is 0 Å². The van der Waals surface area contributed by atoms with Gasteiger partial charge in [0.25, 0.3) is 0 Å². The fraction of sp³-hybridized carbons (Fsp3) is 0.333. The van der Waals surface area contributed by atoms with Gasteiger partial charge < -0.3 is 10.4 Å². The maximum atomic E-state index is 9.72. The van der Waals surface area contributed by atoms with Crippen LogP contribution in [0, 0.1) is 0 Å². The number of hydrogen-bond donors (Lipinski definition) is 2. The first kappa shape index (κ1) is 13.3. The Kier molecular flexibility index (Phi) is 4.34. The molecule has 0 saturated carbocycles. The van der Waals surface area contributed by atoms with Gasteiger partial charge in [-0.1, -0.05) is 32.0 Å². The van der Waals surface area contributed by atoms with E-state index in [2.05, 4.69) is 22.2 Å². The average Bonchev–Trinajstić information content (AvgIpc) is 2.46. The van der Waals surface area contributed by atoms with Gasteiger partial charge in [-0.05, 0) is 12.5 Å². The molecule has 2 rings (SSSR count). The molecule has 1 heterocycles. The molecule has 2 aromatic rings. The predicted molar refractivity (Wildman–Crippen MR) is 76.2 cm³/mol. The van der Waals surface area contributed by atoms with Crippen LogP contribution in [0.1, 0.15) is 30.9 Å². The Morgan fingerprint density at radius 2 is 1.89 bits per heavy atom. The Labute approximate surface area is 113 Å². The molecular formula is C15H19N3O. The summed E-state index contributed by atoms with van der Waals surface area (Å²) in [6.45, 7) is 4.67. The number of phenolic OH excluding ortho intramolecular Hbond substituents is 1. The number of phenols is 1. The van der Waals surface area contributed by atoms with Gasteiger partial charge in [0, 0.05) is 30.3 Å². The molecule has 4 heteroatoms. The number of aromatic hydroxyl groups is 1. The second kappa shape index (κ2) is 6.18. The minimum absolute atomic E-state index is 0.301. The minimum atomic E-state index is 0.301. The maximum Gasteiger partial charge on any atom is 0.130 e. The first-order valence-electron chi connectivity index (χ1n) is 6.60. The molecule has 0 bridgehead atoms. The number of para-hydroxylation sites is 1. The summed E-state index contributed by atoms with van der Waals surface area (Å²) in [6, 6.07) is 9.26. The van der Waals surface area contributed by atoms with Crippen LogP contribution in [-0.2, 0) is 19.4 Å². The normalized spacial score (nSPS) is 10.4. The number of benzene rings is 1. The van der Waals surface area contributed by atoms with Crippen LogP contribution >= 0.6 is 0 Å². The second-order valence-corrected chi connectivity index (χ2v) is 4.35. The van der Waals surface area contributed by atoms with Crippen molar-refractivity contribution in [2.45, 2.75) is 33.2 Å². The van der Waals surface area contributed by atoms with Crippen molar-refractivity contribution >= 4 is 5.82 Å². The van der Waals surface area contributed by atoms with Crippen LogP contribution in [0.5, 0.6) is 5.75 Å². The summed E-state index contributed by atoms with van der Waals surface area (Å²) < 4.78 is 0. The van der Waals surface area contributed by atoms with Crippen LogP contribution in [0.2, 0.25) is 0 Å². The summed E-state index contributed by atoms with van der Waals surface area (Å²) in [6.07, 6.45) is 1.71. The fourth-order valence-corrected chi connectivity index (χ4v) is 1.83. The monoisotopic (exact) mass is 257 g/mol. The summed E-state index contributed by atoms with van der Waals surface area (Å²) in [4.78, 5) is 8.88. The number of nitrogens with one attached hydrogen (secondary N) is 1. The van der Waals surface area contributed by atoms with Gasteiger partial charge in [0.05, 0.1) is 0 Å². The maximum absolute atomic E-state index is 9.72. The highest BCUT2D eigenvalue weighted by Crippen LogP contribution is 2.17. The van der Waals surface area contributed by atoms with Crippen LogP contribution < -0.4 is 5.32 Å². The molecule has 1 aromatic carbocycles. The van der Waals surface area contributed by atoms with E-state index in [1.165, 1.54) is 0 Å². The second-order valence-electron chi connectivity index (χ2n) is 4.35. The van der Waals surface area contributed by atoms with E-state index in [-0.39, 0.29) is 0 Å².